The van der Waals surface area contributed by atoms with Gasteiger partial charge in [0.2, 0.25) is 5.95 Å². The molecule has 0 spiro atoms. The average molecular weight is 598 g/mol. The third-order valence-corrected chi connectivity index (χ3v) is 9.02. The summed E-state index contributed by atoms with van der Waals surface area (Å²) >= 11 is 0. The molecule has 0 unspecified atom stereocenters. The molecule has 3 aliphatic rings. The first-order chi connectivity index (χ1) is 21.5. The number of rotatable bonds is 9. The number of benzene rings is 1. The van der Waals surface area contributed by atoms with E-state index < -0.39 is 5.60 Å². The number of piperidine rings is 1. The molecule has 2 aliphatic heterocycles. The molecule has 2 atom stereocenters. The summed E-state index contributed by atoms with van der Waals surface area (Å²) in [7, 11) is 0. The van der Waals surface area contributed by atoms with Crippen LogP contribution in [0.15, 0.2) is 54.0 Å². The SMILES string of the molecule is C=CCn1c(=O)c2cnc(Nc3ccc4c(c3)OC[C@@H](CNC3CCNCC3)N4)nc2n1-c1ccc2c(n1)[C@@](O)(CC)CC2. The van der Waals surface area contributed by atoms with Gasteiger partial charge in [0, 0.05) is 30.5 Å². The van der Waals surface area contributed by atoms with Crippen LogP contribution in [0.4, 0.5) is 17.3 Å². The number of ether oxygens (including phenoxy) is 1. The summed E-state index contributed by atoms with van der Waals surface area (Å²) in [5.74, 6) is 1.60. The lowest BCUT2D eigenvalue weighted by Crippen LogP contribution is -2.46. The van der Waals surface area contributed by atoms with E-state index in [1.165, 1.54) is 6.20 Å². The predicted octanol–water partition coefficient (Wildman–Crippen LogP) is 2.97. The lowest BCUT2D eigenvalue weighted by atomic mass is 9.98. The van der Waals surface area contributed by atoms with Crippen LogP contribution in [0.2, 0.25) is 0 Å². The van der Waals surface area contributed by atoms with Gasteiger partial charge in [-0.15, -0.1) is 6.58 Å². The Morgan fingerprint density at radius 2 is 2.09 bits per heavy atom. The maximum Gasteiger partial charge on any atom is 0.278 e. The van der Waals surface area contributed by atoms with Gasteiger partial charge in [0.1, 0.15) is 23.3 Å². The number of hydrogen-bond donors (Lipinski definition) is 5. The molecule has 4 aromatic rings. The number of hydrogen-bond acceptors (Lipinski definition) is 10. The van der Waals surface area contributed by atoms with Crippen molar-refractivity contribution in [1.82, 2.24) is 34.9 Å². The lowest BCUT2D eigenvalue weighted by Gasteiger charge is -2.31. The van der Waals surface area contributed by atoms with Crippen LogP contribution in [0.3, 0.4) is 0 Å². The van der Waals surface area contributed by atoms with Gasteiger partial charge in [0.25, 0.3) is 5.56 Å². The monoisotopic (exact) mass is 597 g/mol. The van der Waals surface area contributed by atoms with Crippen LogP contribution in [-0.2, 0) is 18.6 Å². The molecule has 1 aliphatic carbocycles. The van der Waals surface area contributed by atoms with Crippen LogP contribution < -0.4 is 31.6 Å². The molecule has 1 saturated heterocycles. The molecule has 1 fully saturated rings. The maximum atomic E-state index is 13.4. The second kappa shape index (κ2) is 11.7. The van der Waals surface area contributed by atoms with Crippen molar-refractivity contribution in [2.45, 2.75) is 63.3 Å². The molecule has 5 N–H and O–H groups in total. The van der Waals surface area contributed by atoms with Gasteiger partial charge >= 0.3 is 0 Å². The third kappa shape index (κ3) is 5.23. The molecule has 5 heterocycles. The summed E-state index contributed by atoms with van der Waals surface area (Å²) in [6.45, 7) is 9.61. The summed E-state index contributed by atoms with van der Waals surface area (Å²) < 4.78 is 9.36. The molecule has 1 aromatic carbocycles. The van der Waals surface area contributed by atoms with Gasteiger partial charge in [-0.1, -0.05) is 19.1 Å². The Morgan fingerprint density at radius 1 is 1.23 bits per heavy atom. The number of nitrogens with zero attached hydrogens (tertiary/aromatic N) is 5. The topological polar surface area (TPSA) is 143 Å². The van der Waals surface area contributed by atoms with Gasteiger partial charge < -0.3 is 31.1 Å². The van der Waals surface area contributed by atoms with E-state index >= 15 is 0 Å². The zero-order valence-electron chi connectivity index (χ0n) is 25.0. The smallest absolute Gasteiger partial charge is 0.278 e. The van der Waals surface area contributed by atoms with Crippen LogP contribution in [0.25, 0.3) is 16.9 Å². The van der Waals surface area contributed by atoms with Crippen molar-refractivity contribution in [3.8, 4) is 11.6 Å². The summed E-state index contributed by atoms with van der Waals surface area (Å²) in [6.07, 6.45) is 7.46. The first kappa shape index (κ1) is 28.5. The van der Waals surface area contributed by atoms with E-state index in [-0.39, 0.29) is 18.1 Å². The third-order valence-electron chi connectivity index (χ3n) is 9.02. The zero-order valence-corrected chi connectivity index (χ0v) is 25.0. The van der Waals surface area contributed by atoms with E-state index in [2.05, 4.69) is 32.8 Å². The molecular formula is C32H39N9O3. The molecular weight excluding hydrogens is 558 g/mol. The number of anilines is 3. The first-order valence-electron chi connectivity index (χ1n) is 15.5. The zero-order chi connectivity index (χ0) is 30.3. The molecule has 0 radical (unpaired) electrons. The minimum atomic E-state index is -0.980. The molecule has 0 saturated carbocycles. The highest BCUT2D eigenvalue weighted by atomic mass is 16.5. The lowest BCUT2D eigenvalue weighted by molar-refractivity contribution is 0.0306. The van der Waals surface area contributed by atoms with Gasteiger partial charge in [-0.3, -0.25) is 4.79 Å². The minimum Gasteiger partial charge on any atom is -0.489 e. The van der Waals surface area contributed by atoms with Crippen molar-refractivity contribution >= 4 is 28.4 Å². The number of allylic oxidation sites excluding steroid dienone is 1. The molecule has 230 valence electrons. The van der Waals surface area contributed by atoms with Gasteiger partial charge in [-0.25, -0.2) is 19.3 Å². The van der Waals surface area contributed by atoms with E-state index in [0.29, 0.717) is 54.0 Å². The first-order valence-corrected chi connectivity index (χ1v) is 15.5. The van der Waals surface area contributed by atoms with Gasteiger partial charge in [-0.2, -0.15) is 4.98 Å². The van der Waals surface area contributed by atoms with Crippen molar-refractivity contribution in [2.24, 2.45) is 0 Å². The normalized spacial score (nSPS) is 21.4. The van der Waals surface area contributed by atoms with Crippen LogP contribution in [-0.4, -0.2) is 67.7 Å². The Balaban J connectivity index is 1.15. The fourth-order valence-corrected chi connectivity index (χ4v) is 6.48. The second-order valence-corrected chi connectivity index (χ2v) is 11.9. The van der Waals surface area contributed by atoms with E-state index in [9.17, 15) is 9.90 Å². The van der Waals surface area contributed by atoms with E-state index in [1.807, 2.05) is 37.3 Å². The molecule has 7 rings (SSSR count). The standard InChI is InChI=1S/C32H39N9O3/c1-3-15-40-30(42)24-18-35-31(39-29(24)41(40)27-8-5-20-9-12-32(43,4-2)28(20)38-27)37-22-6-7-25-26(16-22)44-19-23(36-25)17-34-21-10-13-33-14-11-21/h3,5-8,16,18,21,23,33-34,36,43H,1,4,9-15,17,19H2,2H3,(H,35,37,39)/t23-,32-/m1/s1. The largest absolute Gasteiger partial charge is 0.489 e. The summed E-state index contributed by atoms with van der Waals surface area (Å²) in [5, 5.41) is 25.5. The molecule has 3 aromatic heterocycles. The molecule has 0 bridgehead atoms. The maximum absolute atomic E-state index is 13.4. The quantitative estimate of drug-likeness (QED) is 0.183. The molecule has 44 heavy (non-hydrogen) atoms. The molecule has 0 amide bonds. The van der Waals surface area contributed by atoms with Gasteiger partial charge in [0.05, 0.1) is 24.0 Å². The Morgan fingerprint density at radius 3 is 2.91 bits per heavy atom. The number of aryl methyl sites for hydroxylation is 1. The fraction of sp³-hybridized carbons (Fsp3) is 0.438. The van der Waals surface area contributed by atoms with Crippen molar-refractivity contribution in [3.63, 3.8) is 0 Å². The van der Waals surface area contributed by atoms with E-state index in [1.54, 1.807) is 15.4 Å². The van der Waals surface area contributed by atoms with Gasteiger partial charge in [-0.05, 0) is 69.0 Å². The van der Waals surface area contributed by atoms with Crippen LogP contribution in [0, 0.1) is 0 Å². The fourth-order valence-electron chi connectivity index (χ4n) is 6.48. The highest BCUT2D eigenvalue weighted by molar-refractivity contribution is 5.77. The predicted molar refractivity (Wildman–Crippen MR) is 170 cm³/mol. The number of aromatic nitrogens is 5. The number of pyridine rings is 1. The van der Waals surface area contributed by atoms with Gasteiger partial charge in [0.15, 0.2) is 11.5 Å². The highest BCUT2D eigenvalue weighted by Crippen LogP contribution is 2.38. The van der Waals surface area contributed by atoms with E-state index in [0.717, 1.165) is 61.6 Å². The van der Waals surface area contributed by atoms with Crippen LogP contribution in [0.5, 0.6) is 5.75 Å². The Bertz CT molecular complexity index is 1760. The molecule has 12 heteroatoms. The number of aliphatic hydroxyl groups is 1. The average Bonchev–Trinajstić information content (AvgIpc) is 3.53. The van der Waals surface area contributed by atoms with Crippen LogP contribution >= 0.6 is 0 Å². The Hall–Kier alpha value is -4.26. The summed E-state index contributed by atoms with van der Waals surface area (Å²) in [5.41, 5.74) is 2.59. The molecule has 12 nitrogen and oxygen atoms in total. The van der Waals surface area contributed by atoms with Crippen molar-refractivity contribution in [1.29, 1.82) is 0 Å². The van der Waals surface area contributed by atoms with Crippen molar-refractivity contribution in [2.75, 3.05) is 36.9 Å². The minimum absolute atomic E-state index is 0.194. The van der Waals surface area contributed by atoms with Crippen LogP contribution in [0.1, 0.15) is 43.9 Å². The number of nitrogens with one attached hydrogen (secondary N) is 4. The van der Waals surface area contributed by atoms with Crippen molar-refractivity contribution in [3.05, 3.63) is 70.8 Å². The highest BCUT2D eigenvalue weighted by Gasteiger charge is 2.37. The second-order valence-electron chi connectivity index (χ2n) is 11.9. The Kier molecular flexibility index (Phi) is 7.57. The number of fused-ring (bicyclic) bond motifs is 3. The summed E-state index contributed by atoms with van der Waals surface area (Å²) in [6, 6.07) is 10.5. The van der Waals surface area contributed by atoms with E-state index in [4.69, 9.17) is 14.7 Å². The van der Waals surface area contributed by atoms with Crippen molar-refractivity contribution < 1.29 is 9.84 Å². The summed E-state index contributed by atoms with van der Waals surface area (Å²) in [4.78, 5) is 27.5. The Labute approximate surface area is 255 Å².